The third-order valence-electron chi connectivity index (χ3n) is 1.71. The Balaban J connectivity index is 2.81. The summed E-state index contributed by atoms with van der Waals surface area (Å²) >= 11 is 1.13. The summed E-state index contributed by atoms with van der Waals surface area (Å²) in [6, 6.07) is 0.0993. The second kappa shape index (κ2) is 4.39. The number of aromatic nitrogens is 1. The molecule has 0 radical (unpaired) electrons. The van der Waals surface area contributed by atoms with E-state index >= 15 is 0 Å². The Bertz CT molecular complexity index is 337. The summed E-state index contributed by atoms with van der Waals surface area (Å²) in [7, 11) is 0. The summed E-state index contributed by atoms with van der Waals surface area (Å²) < 4.78 is 0. The molecule has 1 atom stereocenters. The number of thiazole rings is 1. The monoisotopic (exact) mass is 215 g/mol. The first-order valence-corrected chi connectivity index (χ1v) is 5.03. The highest BCUT2D eigenvalue weighted by Gasteiger charge is 2.14. The topological polar surface area (TPSA) is 88.2 Å². The summed E-state index contributed by atoms with van der Waals surface area (Å²) in [5.41, 5.74) is 5.96. The summed E-state index contributed by atoms with van der Waals surface area (Å²) in [6.45, 7) is 4.08. The molecule has 1 rings (SSSR count). The number of nitrogens with one attached hydrogen (secondary N) is 1. The Morgan fingerprint density at radius 1 is 1.79 bits per heavy atom. The van der Waals surface area contributed by atoms with Gasteiger partial charge in [-0.1, -0.05) is 11.3 Å². The van der Waals surface area contributed by atoms with E-state index in [4.69, 9.17) is 10.8 Å². The SMILES string of the molecule is Cc1nc(NC(C)CN)sc1C(=O)O. The number of carbonyl (C=O) groups is 1. The number of hydrogen-bond acceptors (Lipinski definition) is 5. The Hall–Kier alpha value is -1.14. The van der Waals surface area contributed by atoms with Crippen LogP contribution in [0, 0.1) is 6.92 Å². The van der Waals surface area contributed by atoms with Crippen LogP contribution in [0.15, 0.2) is 0 Å². The van der Waals surface area contributed by atoms with Crippen molar-refractivity contribution in [1.29, 1.82) is 0 Å². The molecule has 0 aromatic carbocycles. The number of anilines is 1. The Kier molecular flexibility index (Phi) is 3.43. The standard InChI is InChI=1S/C8H13N3O2S/c1-4(3-9)10-8-11-5(2)6(14-8)7(12)13/h4H,3,9H2,1-2H3,(H,10,11)(H,12,13). The van der Waals surface area contributed by atoms with Gasteiger partial charge >= 0.3 is 5.97 Å². The van der Waals surface area contributed by atoms with E-state index in [0.29, 0.717) is 17.4 Å². The summed E-state index contributed by atoms with van der Waals surface area (Å²) in [4.78, 5) is 15.1. The molecule has 1 unspecified atom stereocenters. The lowest BCUT2D eigenvalue weighted by molar-refractivity contribution is 0.0701. The average Bonchev–Trinajstić information content (AvgIpc) is 2.46. The normalized spacial score (nSPS) is 12.5. The number of nitrogens with zero attached hydrogens (tertiary/aromatic N) is 1. The van der Waals surface area contributed by atoms with Crippen LogP contribution in [0.1, 0.15) is 22.3 Å². The zero-order chi connectivity index (χ0) is 10.7. The molecular weight excluding hydrogens is 202 g/mol. The van der Waals surface area contributed by atoms with Crippen LogP contribution in [-0.2, 0) is 0 Å². The lowest BCUT2D eigenvalue weighted by Crippen LogP contribution is -2.24. The molecule has 4 N–H and O–H groups in total. The maximum Gasteiger partial charge on any atom is 0.347 e. The molecule has 6 heteroatoms. The average molecular weight is 215 g/mol. The number of carboxylic acids is 1. The van der Waals surface area contributed by atoms with Crippen LogP contribution in [-0.4, -0.2) is 28.6 Å². The van der Waals surface area contributed by atoms with Crippen molar-refractivity contribution >= 4 is 22.4 Å². The van der Waals surface area contributed by atoms with Gasteiger partial charge in [0.15, 0.2) is 5.13 Å². The highest BCUT2D eigenvalue weighted by Crippen LogP contribution is 2.22. The van der Waals surface area contributed by atoms with Gasteiger partial charge in [-0.2, -0.15) is 0 Å². The van der Waals surface area contributed by atoms with Crippen molar-refractivity contribution in [2.24, 2.45) is 5.73 Å². The lowest BCUT2D eigenvalue weighted by Gasteiger charge is -2.08. The van der Waals surface area contributed by atoms with Gasteiger partial charge in [-0.25, -0.2) is 9.78 Å². The second-order valence-corrected chi connectivity index (χ2v) is 4.02. The van der Waals surface area contributed by atoms with Crippen molar-refractivity contribution in [2.45, 2.75) is 19.9 Å². The van der Waals surface area contributed by atoms with Gasteiger partial charge in [-0.3, -0.25) is 0 Å². The smallest absolute Gasteiger partial charge is 0.347 e. The molecular formula is C8H13N3O2S. The van der Waals surface area contributed by atoms with Gasteiger partial charge in [0, 0.05) is 12.6 Å². The summed E-state index contributed by atoms with van der Waals surface area (Å²) in [5, 5.41) is 12.4. The van der Waals surface area contributed by atoms with Gasteiger partial charge in [-0.05, 0) is 13.8 Å². The molecule has 0 amide bonds. The van der Waals surface area contributed by atoms with Crippen LogP contribution in [0.5, 0.6) is 0 Å². The summed E-state index contributed by atoms with van der Waals surface area (Å²) in [6.07, 6.45) is 0. The van der Waals surface area contributed by atoms with E-state index in [9.17, 15) is 4.79 Å². The van der Waals surface area contributed by atoms with Crippen molar-refractivity contribution in [2.75, 3.05) is 11.9 Å². The quantitative estimate of drug-likeness (QED) is 0.694. The van der Waals surface area contributed by atoms with Crippen LogP contribution in [0.2, 0.25) is 0 Å². The minimum Gasteiger partial charge on any atom is -0.477 e. The molecule has 0 aliphatic rings. The zero-order valence-corrected chi connectivity index (χ0v) is 8.89. The molecule has 0 saturated carbocycles. The maximum absolute atomic E-state index is 10.7. The Morgan fingerprint density at radius 2 is 2.43 bits per heavy atom. The third-order valence-corrected chi connectivity index (χ3v) is 2.79. The lowest BCUT2D eigenvalue weighted by atomic mass is 10.3. The molecule has 0 aliphatic carbocycles. The molecule has 0 spiro atoms. The molecule has 78 valence electrons. The molecule has 0 saturated heterocycles. The molecule has 0 fully saturated rings. The van der Waals surface area contributed by atoms with Crippen LogP contribution in [0.4, 0.5) is 5.13 Å². The van der Waals surface area contributed by atoms with Crippen molar-refractivity contribution in [3.63, 3.8) is 0 Å². The fourth-order valence-corrected chi connectivity index (χ4v) is 1.84. The van der Waals surface area contributed by atoms with E-state index in [1.165, 1.54) is 0 Å². The number of nitrogens with two attached hydrogens (primary N) is 1. The second-order valence-electron chi connectivity index (χ2n) is 3.02. The van der Waals surface area contributed by atoms with Crippen LogP contribution >= 0.6 is 11.3 Å². The number of rotatable bonds is 4. The van der Waals surface area contributed by atoms with E-state index in [2.05, 4.69) is 10.3 Å². The molecule has 14 heavy (non-hydrogen) atoms. The fourth-order valence-electron chi connectivity index (χ4n) is 0.926. The Morgan fingerprint density at radius 3 is 2.86 bits per heavy atom. The van der Waals surface area contributed by atoms with Crippen molar-refractivity contribution in [3.05, 3.63) is 10.6 Å². The van der Waals surface area contributed by atoms with E-state index in [1.54, 1.807) is 6.92 Å². The Labute approximate surface area is 86.0 Å². The minimum atomic E-state index is -0.937. The molecule has 1 aromatic rings. The van der Waals surface area contributed by atoms with Crippen LogP contribution in [0.25, 0.3) is 0 Å². The van der Waals surface area contributed by atoms with E-state index < -0.39 is 5.97 Å². The predicted octanol–water partition coefficient (Wildman–Crippen LogP) is 0.909. The predicted molar refractivity (Wildman–Crippen MR) is 55.9 cm³/mol. The number of hydrogen-bond donors (Lipinski definition) is 3. The van der Waals surface area contributed by atoms with Gasteiger partial charge in [-0.15, -0.1) is 0 Å². The first-order chi connectivity index (χ1) is 6.54. The van der Waals surface area contributed by atoms with Crippen molar-refractivity contribution in [3.8, 4) is 0 Å². The molecule has 1 heterocycles. The van der Waals surface area contributed by atoms with Gasteiger partial charge in [0.1, 0.15) is 4.88 Å². The van der Waals surface area contributed by atoms with Crippen LogP contribution < -0.4 is 11.1 Å². The first-order valence-electron chi connectivity index (χ1n) is 4.22. The highest BCUT2D eigenvalue weighted by molar-refractivity contribution is 7.17. The molecule has 0 bridgehead atoms. The maximum atomic E-state index is 10.7. The molecule has 5 nitrogen and oxygen atoms in total. The molecule has 0 aliphatic heterocycles. The van der Waals surface area contributed by atoms with E-state index in [0.717, 1.165) is 11.3 Å². The highest BCUT2D eigenvalue weighted by atomic mass is 32.1. The van der Waals surface area contributed by atoms with Gasteiger partial charge in [0.05, 0.1) is 5.69 Å². The molecule has 1 aromatic heterocycles. The largest absolute Gasteiger partial charge is 0.477 e. The number of aromatic carboxylic acids is 1. The fraction of sp³-hybridized carbons (Fsp3) is 0.500. The summed E-state index contributed by atoms with van der Waals surface area (Å²) in [5.74, 6) is -0.937. The number of carboxylic acid groups (broad SMARTS) is 1. The first kappa shape index (κ1) is 10.9. The van der Waals surface area contributed by atoms with E-state index in [1.807, 2.05) is 6.92 Å². The van der Waals surface area contributed by atoms with E-state index in [-0.39, 0.29) is 10.9 Å². The van der Waals surface area contributed by atoms with Crippen LogP contribution in [0.3, 0.4) is 0 Å². The van der Waals surface area contributed by atoms with Gasteiger partial charge < -0.3 is 16.2 Å². The number of aryl methyl sites for hydroxylation is 1. The van der Waals surface area contributed by atoms with Gasteiger partial charge in [0.2, 0.25) is 0 Å². The van der Waals surface area contributed by atoms with Crippen molar-refractivity contribution < 1.29 is 9.90 Å². The minimum absolute atomic E-state index is 0.0993. The zero-order valence-electron chi connectivity index (χ0n) is 8.07. The van der Waals surface area contributed by atoms with Crippen molar-refractivity contribution in [1.82, 2.24) is 4.98 Å². The third kappa shape index (κ3) is 2.43. The van der Waals surface area contributed by atoms with Gasteiger partial charge in [0.25, 0.3) is 0 Å².